The van der Waals surface area contributed by atoms with E-state index in [0.29, 0.717) is 30.6 Å². The minimum absolute atomic E-state index is 0.0770. The number of nitrogens with zero attached hydrogens (tertiary/aromatic N) is 3. The second kappa shape index (κ2) is 7.84. The van der Waals surface area contributed by atoms with Crippen LogP contribution in [0.3, 0.4) is 0 Å². The molecule has 2 aromatic carbocycles. The molecule has 2 heterocycles. The molecule has 4 rings (SSSR count). The summed E-state index contributed by atoms with van der Waals surface area (Å²) in [4.78, 5) is 19.3. The van der Waals surface area contributed by atoms with E-state index >= 15 is 0 Å². The highest BCUT2D eigenvalue weighted by molar-refractivity contribution is 5.84. The van der Waals surface area contributed by atoms with E-state index in [-0.39, 0.29) is 17.7 Å². The average Bonchev–Trinajstić information content (AvgIpc) is 3.17. The molecule has 1 aliphatic rings. The van der Waals surface area contributed by atoms with Crippen molar-refractivity contribution in [2.45, 2.75) is 25.2 Å². The van der Waals surface area contributed by atoms with Gasteiger partial charge < -0.3 is 14.2 Å². The van der Waals surface area contributed by atoms with Gasteiger partial charge in [0.05, 0.1) is 24.5 Å². The van der Waals surface area contributed by atoms with Crippen molar-refractivity contribution in [3.63, 3.8) is 0 Å². The largest absolute Gasteiger partial charge is 0.496 e. The number of ether oxygens (including phenoxy) is 1. The molecule has 0 aliphatic carbocycles. The van der Waals surface area contributed by atoms with Gasteiger partial charge in [0.15, 0.2) is 0 Å². The number of para-hydroxylation sites is 1. The molecule has 3 aromatic rings. The molecule has 1 saturated heterocycles. The molecule has 1 unspecified atom stereocenters. The molecule has 28 heavy (non-hydrogen) atoms. The first-order chi connectivity index (χ1) is 13.7. The molecule has 1 fully saturated rings. The fourth-order valence-electron chi connectivity index (χ4n) is 3.61. The molecule has 0 bridgehead atoms. The Morgan fingerprint density at radius 1 is 1.18 bits per heavy atom. The van der Waals surface area contributed by atoms with E-state index in [4.69, 9.17) is 9.26 Å². The molecule has 1 amide bonds. The molecular weight excluding hydrogens is 354 g/mol. The molecule has 6 heteroatoms. The third kappa shape index (κ3) is 3.38. The predicted octanol–water partition coefficient (Wildman–Crippen LogP) is 3.86. The predicted molar refractivity (Wildman–Crippen MR) is 105 cm³/mol. The standard InChI is InChI=1S/C22H23N3O3/c1-3-17(15-9-5-4-6-10-15)22(26)25-13-16(14-25)21-23-20(24-28-21)18-11-7-8-12-19(18)27-2/h4-12,16-17H,3,13-14H2,1-2H3. The first-order valence-electron chi connectivity index (χ1n) is 9.52. The SMILES string of the molecule is CCC(C(=O)N1CC(c2nc(-c3ccccc3OC)no2)C1)c1ccccc1. The number of aromatic nitrogens is 2. The van der Waals surface area contributed by atoms with Gasteiger partial charge in [0, 0.05) is 13.1 Å². The highest BCUT2D eigenvalue weighted by Crippen LogP contribution is 2.33. The molecular formula is C22H23N3O3. The zero-order valence-corrected chi connectivity index (χ0v) is 16.0. The van der Waals surface area contributed by atoms with Crippen LogP contribution >= 0.6 is 0 Å². The van der Waals surface area contributed by atoms with E-state index in [9.17, 15) is 4.79 Å². The lowest BCUT2D eigenvalue weighted by molar-refractivity contribution is -0.137. The van der Waals surface area contributed by atoms with Gasteiger partial charge in [-0.15, -0.1) is 0 Å². The molecule has 1 atom stereocenters. The van der Waals surface area contributed by atoms with Crippen molar-refractivity contribution < 1.29 is 14.1 Å². The van der Waals surface area contributed by atoms with Crippen molar-refractivity contribution >= 4 is 5.91 Å². The summed E-state index contributed by atoms with van der Waals surface area (Å²) in [5, 5.41) is 4.10. The number of hydrogen-bond donors (Lipinski definition) is 0. The maximum absolute atomic E-state index is 12.9. The minimum Gasteiger partial charge on any atom is -0.496 e. The Bertz CT molecular complexity index is 948. The normalized spacial score (nSPS) is 15.1. The Hall–Kier alpha value is -3.15. The van der Waals surface area contributed by atoms with E-state index in [1.54, 1.807) is 7.11 Å². The number of rotatable bonds is 6. The van der Waals surface area contributed by atoms with Crippen LogP contribution in [0.25, 0.3) is 11.4 Å². The van der Waals surface area contributed by atoms with Gasteiger partial charge in [-0.05, 0) is 24.1 Å². The summed E-state index contributed by atoms with van der Waals surface area (Å²) in [6.45, 7) is 3.26. The Morgan fingerprint density at radius 3 is 2.61 bits per heavy atom. The molecule has 0 spiro atoms. The van der Waals surface area contributed by atoms with Crippen LogP contribution in [0.15, 0.2) is 59.1 Å². The maximum atomic E-state index is 12.9. The lowest BCUT2D eigenvalue weighted by atomic mass is 9.91. The number of hydrogen-bond acceptors (Lipinski definition) is 5. The lowest BCUT2D eigenvalue weighted by Crippen LogP contribution is -2.50. The summed E-state index contributed by atoms with van der Waals surface area (Å²) in [5.41, 5.74) is 1.86. The summed E-state index contributed by atoms with van der Waals surface area (Å²) < 4.78 is 10.8. The summed E-state index contributed by atoms with van der Waals surface area (Å²) in [6, 6.07) is 17.5. The number of carbonyl (C=O) groups excluding carboxylic acids is 1. The van der Waals surface area contributed by atoms with E-state index in [0.717, 1.165) is 17.5 Å². The smallest absolute Gasteiger partial charge is 0.233 e. The van der Waals surface area contributed by atoms with Gasteiger partial charge in [-0.1, -0.05) is 54.5 Å². The number of amides is 1. The van der Waals surface area contributed by atoms with E-state index in [1.807, 2.05) is 66.4 Å². The molecule has 1 aromatic heterocycles. The second-order valence-electron chi connectivity index (χ2n) is 6.97. The number of likely N-dealkylation sites (tertiary alicyclic amines) is 1. The van der Waals surface area contributed by atoms with Crippen molar-refractivity contribution in [2.24, 2.45) is 0 Å². The van der Waals surface area contributed by atoms with Crippen molar-refractivity contribution in [1.29, 1.82) is 0 Å². The van der Waals surface area contributed by atoms with Gasteiger partial charge in [-0.3, -0.25) is 4.79 Å². The lowest BCUT2D eigenvalue weighted by Gasteiger charge is -2.39. The van der Waals surface area contributed by atoms with Crippen molar-refractivity contribution in [3.05, 3.63) is 66.1 Å². The second-order valence-corrected chi connectivity index (χ2v) is 6.97. The molecule has 144 valence electrons. The summed E-state index contributed by atoms with van der Waals surface area (Å²) in [6.07, 6.45) is 0.780. The number of benzene rings is 2. The van der Waals surface area contributed by atoms with Gasteiger partial charge in [0.2, 0.25) is 17.6 Å². The van der Waals surface area contributed by atoms with Gasteiger partial charge in [0.25, 0.3) is 0 Å². The topological polar surface area (TPSA) is 68.5 Å². The Kier molecular flexibility index (Phi) is 5.10. The fourth-order valence-corrected chi connectivity index (χ4v) is 3.61. The van der Waals surface area contributed by atoms with Crippen LogP contribution in [-0.4, -0.2) is 41.1 Å². The quantitative estimate of drug-likeness (QED) is 0.652. The summed E-state index contributed by atoms with van der Waals surface area (Å²) in [7, 11) is 1.62. The Balaban J connectivity index is 1.43. The van der Waals surface area contributed by atoms with Crippen LogP contribution in [0, 0.1) is 0 Å². The van der Waals surface area contributed by atoms with Crippen LogP contribution in [0.2, 0.25) is 0 Å². The van der Waals surface area contributed by atoms with Gasteiger partial charge in [-0.25, -0.2) is 0 Å². The van der Waals surface area contributed by atoms with Crippen molar-refractivity contribution in [3.8, 4) is 17.1 Å². The molecule has 0 radical (unpaired) electrons. The number of carbonyl (C=O) groups is 1. The summed E-state index contributed by atoms with van der Waals surface area (Å²) >= 11 is 0. The third-order valence-corrected chi connectivity index (χ3v) is 5.24. The first-order valence-corrected chi connectivity index (χ1v) is 9.52. The minimum atomic E-state index is -0.103. The zero-order valence-electron chi connectivity index (χ0n) is 16.0. The van der Waals surface area contributed by atoms with E-state index in [2.05, 4.69) is 10.1 Å². The Morgan fingerprint density at radius 2 is 1.89 bits per heavy atom. The van der Waals surface area contributed by atoms with Gasteiger partial charge in [0.1, 0.15) is 5.75 Å². The number of methoxy groups -OCH3 is 1. The summed E-state index contributed by atoms with van der Waals surface area (Å²) in [5.74, 6) is 1.91. The van der Waals surface area contributed by atoms with E-state index in [1.165, 1.54) is 0 Å². The van der Waals surface area contributed by atoms with Crippen LogP contribution in [-0.2, 0) is 4.79 Å². The van der Waals surface area contributed by atoms with Crippen molar-refractivity contribution in [2.75, 3.05) is 20.2 Å². The van der Waals surface area contributed by atoms with Crippen LogP contribution < -0.4 is 4.74 Å². The zero-order chi connectivity index (χ0) is 19.5. The molecule has 6 nitrogen and oxygen atoms in total. The maximum Gasteiger partial charge on any atom is 0.233 e. The molecule has 0 saturated carbocycles. The third-order valence-electron chi connectivity index (χ3n) is 5.24. The molecule has 0 N–H and O–H groups in total. The van der Waals surface area contributed by atoms with Gasteiger partial charge in [-0.2, -0.15) is 4.98 Å². The average molecular weight is 377 g/mol. The highest BCUT2D eigenvalue weighted by Gasteiger charge is 2.38. The van der Waals surface area contributed by atoms with Crippen LogP contribution in [0.4, 0.5) is 0 Å². The van der Waals surface area contributed by atoms with Gasteiger partial charge >= 0.3 is 0 Å². The van der Waals surface area contributed by atoms with Crippen LogP contribution in [0.5, 0.6) is 5.75 Å². The fraction of sp³-hybridized carbons (Fsp3) is 0.318. The van der Waals surface area contributed by atoms with Crippen molar-refractivity contribution in [1.82, 2.24) is 15.0 Å². The Labute approximate surface area is 164 Å². The molecule has 1 aliphatic heterocycles. The monoisotopic (exact) mass is 377 g/mol. The highest BCUT2D eigenvalue weighted by atomic mass is 16.5. The van der Waals surface area contributed by atoms with E-state index < -0.39 is 0 Å². The first kappa shape index (κ1) is 18.2. The van der Waals surface area contributed by atoms with Crippen LogP contribution in [0.1, 0.15) is 36.6 Å².